The molecular weight excluding hydrogens is 354 g/mol. The van der Waals surface area contributed by atoms with Crippen LogP contribution in [0.5, 0.6) is 0 Å². The van der Waals surface area contributed by atoms with Crippen LogP contribution in [0.4, 0.5) is 8.78 Å². The molecule has 0 radical (unpaired) electrons. The summed E-state index contributed by atoms with van der Waals surface area (Å²) in [5.74, 6) is -2.24. The number of aliphatic hydroxyl groups is 1. The van der Waals surface area contributed by atoms with E-state index in [0.717, 1.165) is 24.5 Å². The van der Waals surface area contributed by atoms with E-state index in [-0.39, 0.29) is 31.2 Å². The van der Waals surface area contributed by atoms with Gasteiger partial charge in [-0.1, -0.05) is 0 Å². The number of nitrogens with zero attached hydrogens (tertiary/aromatic N) is 2. The lowest BCUT2D eigenvalue weighted by Crippen LogP contribution is -2.52. The number of hydrogen-bond acceptors (Lipinski definition) is 4. The van der Waals surface area contributed by atoms with Crippen LogP contribution < -0.4 is 0 Å². The van der Waals surface area contributed by atoms with Gasteiger partial charge in [0.15, 0.2) is 0 Å². The SMILES string of the molecule is CS(=O)(=O)N1C[C@H]2CCN(C(=O)c3cc(F)ccc3F)C[C@@]2(CO)C1. The van der Waals surface area contributed by atoms with Crippen molar-refractivity contribution in [1.82, 2.24) is 9.21 Å². The van der Waals surface area contributed by atoms with Gasteiger partial charge < -0.3 is 10.0 Å². The molecular formula is C16H20F2N2O4S. The summed E-state index contributed by atoms with van der Waals surface area (Å²) >= 11 is 0. The van der Waals surface area contributed by atoms with E-state index < -0.39 is 33.0 Å². The first-order valence-electron chi connectivity index (χ1n) is 7.96. The summed E-state index contributed by atoms with van der Waals surface area (Å²) in [7, 11) is -3.40. The largest absolute Gasteiger partial charge is 0.396 e. The van der Waals surface area contributed by atoms with Crippen LogP contribution in [0.1, 0.15) is 16.8 Å². The molecule has 9 heteroatoms. The van der Waals surface area contributed by atoms with E-state index in [1.807, 2.05) is 0 Å². The van der Waals surface area contributed by atoms with Gasteiger partial charge in [0.2, 0.25) is 10.0 Å². The molecule has 138 valence electrons. The molecule has 0 aliphatic carbocycles. The van der Waals surface area contributed by atoms with Gasteiger partial charge in [-0.2, -0.15) is 0 Å². The van der Waals surface area contributed by atoms with Gasteiger partial charge in [-0.05, 0) is 30.5 Å². The number of halogens is 2. The smallest absolute Gasteiger partial charge is 0.256 e. The Balaban J connectivity index is 1.85. The van der Waals surface area contributed by atoms with Crippen LogP contribution >= 0.6 is 0 Å². The van der Waals surface area contributed by atoms with Gasteiger partial charge in [0.25, 0.3) is 5.91 Å². The third-order valence-corrected chi connectivity index (χ3v) is 6.48. The maximum atomic E-state index is 13.9. The van der Waals surface area contributed by atoms with Gasteiger partial charge in [0.05, 0.1) is 18.4 Å². The van der Waals surface area contributed by atoms with Gasteiger partial charge in [0, 0.05) is 31.6 Å². The number of carbonyl (C=O) groups is 1. The molecule has 0 saturated carbocycles. The molecule has 2 saturated heterocycles. The molecule has 2 heterocycles. The third kappa shape index (κ3) is 3.28. The third-order valence-electron chi connectivity index (χ3n) is 5.26. The average molecular weight is 374 g/mol. The fourth-order valence-corrected chi connectivity index (χ4v) is 4.76. The molecule has 25 heavy (non-hydrogen) atoms. The van der Waals surface area contributed by atoms with Crippen molar-refractivity contribution in [3.8, 4) is 0 Å². The minimum absolute atomic E-state index is 0.0753. The first-order valence-corrected chi connectivity index (χ1v) is 9.81. The Labute approximate surface area is 145 Å². The lowest BCUT2D eigenvalue weighted by Gasteiger charge is -2.43. The number of carbonyl (C=O) groups excluding carboxylic acids is 1. The average Bonchev–Trinajstić information content (AvgIpc) is 2.96. The van der Waals surface area contributed by atoms with Crippen molar-refractivity contribution in [1.29, 1.82) is 0 Å². The number of fused-ring (bicyclic) bond motifs is 1. The summed E-state index contributed by atoms with van der Waals surface area (Å²) in [5, 5.41) is 9.91. The number of hydrogen-bond donors (Lipinski definition) is 1. The van der Waals surface area contributed by atoms with Crippen LogP contribution in [0.3, 0.4) is 0 Å². The maximum Gasteiger partial charge on any atom is 0.256 e. The second kappa shape index (κ2) is 6.30. The highest BCUT2D eigenvalue weighted by Crippen LogP contribution is 2.43. The molecule has 0 unspecified atom stereocenters. The van der Waals surface area contributed by atoms with E-state index in [9.17, 15) is 27.1 Å². The molecule has 6 nitrogen and oxygen atoms in total. The molecule has 0 spiro atoms. The first kappa shape index (κ1) is 18.2. The molecule has 0 aromatic heterocycles. The van der Waals surface area contributed by atoms with E-state index in [1.165, 1.54) is 9.21 Å². The van der Waals surface area contributed by atoms with Crippen molar-refractivity contribution >= 4 is 15.9 Å². The van der Waals surface area contributed by atoms with Gasteiger partial charge in [0.1, 0.15) is 11.6 Å². The van der Waals surface area contributed by atoms with Gasteiger partial charge >= 0.3 is 0 Å². The van der Waals surface area contributed by atoms with E-state index in [0.29, 0.717) is 19.5 Å². The number of likely N-dealkylation sites (tertiary alicyclic amines) is 1. The van der Waals surface area contributed by atoms with Crippen LogP contribution in [0, 0.1) is 23.0 Å². The minimum Gasteiger partial charge on any atom is -0.396 e. The summed E-state index contributed by atoms with van der Waals surface area (Å²) in [6, 6.07) is 2.69. The van der Waals surface area contributed by atoms with Crippen LogP contribution in [-0.4, -0.2) is 67.7 Å². The molecule has 1 aromatic carbocycles. The molecule has 1 aromatic rings. The molecule has 1 N–H and O–H groups in total. The number of sulfonamides is 1. The van der Waals surface area contributed by atoms with Gasteiger partial charge in [-0.25, -0.2) is 21.5 Å². The minimum atomic E-state index is -3.40. The fourth-order valence-electron chi connectivity index (χ4n) is 3.82. The zero-order chi connectivity index (χ0) is 18.4. The van der Waals surface area contributed by atoms with E-state index in [1.54, 1.807) is 0 Å². The lowest BCUT2D eigenvalue weighted by molar-refractivity contribution is 0.0127. The fraction of sp³-hybridized carbons (Fsp3) is 0.562. The molecule has 0 bridgehead atoms. The standard InChI is InChI=1S/C16H20F2N2O4S/c1-25(23,24)20-7-11-4-5-19(8-16(11,9-20)10-21)15(22)13-6-12(17)2-3-14(13)18/h2-3,6,11,21H,4-5,7-10H2,1H3/t11-,16+/m1/s1. The summed E-state index contributed by atoms with van der Waals surface area (Å²) in [5.41, 5.74) is -1.13. The topological polar surface area (TPSA) is 77.9 Å². The second-order valence-electron chi connectivity index (χ2n) is 6.91. The zero-order valence-corrected chi connectivity index (χ0v) is 14.6. The molecule has 2 atom stereocenters. The highest BCUT2D eigenvalue weighted by atomic mass is 32.2. The Morgan fingerprint density at radius 3 is 2.72 bits per heavy atom. The summed E-state index contributed by atoms with van der Waals surface area (Å²) < 4.78 is 52.2. The van der Waals surface area contributed by atoms with Crippen LogP contribution in [-0.2, 0) is 10.0 Å². The molecule has 3 rings (SSSR count). The quantitative estimate of drug-likeness (QED) is 0.844. The van der Waals surface area contributed by atoms with Crippen molar-refractivity contribution in [3.63, 3.8) is 0 Å². The molecule has 1 amide bonds. The molecule has 2 fully saturated rings. The molecule has 2 aliphatic rings. The Hall–Kier alpha value is -1.58. The Morgan fingerprint density at radius 1 is 1.36 bits per heavy atom. The van der Waals surface area contributed by atoms with Crippen LogP contribution in [0.25, 0.3) is 0 Å². The summed E-state index contributed by atoms with van der Waals surface area (Å²) in [6.07, 6.45) is 1.61. The lowest BCUT2D eigenvalue weighted by atomic mass is 9.74. The summed E-state index contributed by atoms with van der Waals surface area (Å²) in [6.45, 7) is 0.547. The number of rotatable bonds is 3. The second-order valence-corrected chi connectivity index (χ2v) is 8.89. The van der Waals surface area contributed by atoms with Crippen LogP contribution in [0.2, 0.25) is 0 Å². The van der Waals surface area contributed by atoms with Crippen molar-refractivity contribution in [2.75, 3.05) is 39.0 Å². The van der Waals surface area contributed by atoms with E-state index >= 15 is 0 Å². The number of aliphatic hydroxyl groups excluding tert-OH is 1. The number of piperidine rings is 1. The maximum absolute atomic E-state index is 13.9. The van der Waals surface area contributed by atoms with Crippen molar-refractivity contribution in [3.05, 3.63) is 35.4 Å². The Kier molecular flexibility index (Phi) is 4.59. The monoisotopic (exact) mass is 374 g/mol. The van der Waals surface area contributed by atoms with Gasteiger partial charge in [-0.3, -0.25) is 4.79 Å². The normalized spacial score (nSPS) is 27.4. The van der Waals surface area contributed by atoms with Gasteiger partial charge in [-0.15, -0.1) is 0 Å². The van der Waals surface area contributed by atoms with Crippen molar-refractivity contribution < 1.29 is 27.1 Å². The predicted octanol–water partition coefficient (Wildman–Crippen LogP) is 0.681. The Bertz CT molecular complexity index is 801. The first-order chi connectivity index (χ1) is 11.7. The van der Waals surface area contributed by atoms with Crippen molar-refractivity contribution in [2.24, 2.45) is 11.3 Å². The van der Waals surface area contributed by atoms with E-state index in [4.69, 9.17) is 0 Å². The highest BCUT2D eigenvalue weighted by molar-refractivity contribution is 7.88. The van der Waals surface area contributed by atoms with Crippen LogP contribution in [0.15, 0.2) is 18.2 Å². The molecule has 2 aliphatic heterocycles. The Morgan fingerprint density at radius 2 is 2.08 bits per heavy atom. The highest BCUT2D eigenvalue weighted by Gasteiger charge is 2.52. The zero-order valence-electron chi connectivity index (χ0n) is 13.8. The number of benzene rings is 1. The van der Waals surface area contributed by atoms with E-state index in [2.05, 4.69) is 0 Å². The van der Waals surface area contributed by atoms with Crippen molar-refractivity contribution in [2.45, 2.75) is 6.42 Å². The number of amides is 1. The predicted molar refractivity (Wildman–Crippen MR) is 86.3 cm³/mol. The summed E-state index contributed by atoms with van der Waals surface area (Å²) in [4.78, 5) is 14.0.